The van der Waals surface area contributed by atoms with Gasteiger partial charge in [0.05, 0.1) is 6.54 Å². The molecule has 4 rings (SSSR count). The van der Waals surface area contributed by atoms with Crippen LogP contribution in [0.4, 0.5) is 5.13 Å². The van der Waals surface area contributed by atoms with E-state index in [1.54, 1.807) is 6.20 Å². The van der Waals surface area contributed by atoms with Crippen LogP contribution in [0.1, 0.15) is 24.8 Å². The minimum atomic E-state index is -0.114. The number of likely N-dealkylation sites (tertiary alicyclic amines) is 1. The fraction of sp³-hybridized carbons (Fsp3) is 0.435. The summed E-state index contributed by atoms with van der Waals surface area (Å²) in [6.07, 6.45) is 9.71. The Morgan fingerprint density at radius 3 is 3.10 bits per heavy atom. The van der Waals surface area contributed by atoms with Gasteiger partial charge in [-0.2, -0.15) is 0 Å². The van der Waals surface area contributed by atoms with Crippen molar-refractivity contribution in [1.82, 2.24) is 15.2 Å². The van der Waals surface area contributed by atoms with E-state index in [4.69, 9.17) is 4.74 Å². The molecule has 2 N–H and O–H groups in total. The average Bonchev–Trinajstić information content (AvgIpc) is 3.27. The van der Waals surface area contributed by atoms with Crippen molar-refractivity contribution in [1.29, 1.82) is 0 Å². The van der Waals surface area contributed by atoms with Crippen LogP contribution in [-0.4, -0.2) is 54.5 Å². The number of amides is 2. The third-order valence-electron chi connectivity index (χ3n) is 5.83. The number of carbonyl (C=O) groups is 2. The summed E-state index contributed by atoms with van der Waals surface area (Å²) in [6.45, 7) is 2.56. The summed E-state index contributed by atoms with van der Waals surface area (Å²) in [5.74, 6) is 0.592. The first kappa shape index (κ1) is 21.5. The van der Waals surface area contributed by atoms with Crippen LogP contribution in [0.5, 0.6) is 5.75 Å². The third-order valence-corrected chi connectivity index (χ3v) is 6.52. The summed E-state index contributed by atoms with van der Waals surface area (Å²) >= 11 is 1.41. The number of carbonyl (C=O) groups excluding carboxylic acids is 2. The number of para-hydroxylation sites is 1. The Morgan fingerprint density at radius 1 is 1.32 bits per heavy atom. The van der Waals surface area contributed by atoms with Gasteiger partial charge < -0.3 is 15.4 Å². The van der Waals surface area contributed by atoms with Gasteiger partial charge in [-0.05, 0) is 43.9 Å². The summed E-state index contributed by atoms with van der Waals surface area (Å²) in [4.78, 5) is 31.2. The molecule has 0 bridgehead atoms. The van der Waals surface area contributed by atoms with Crippen LogP contribution in [0, 0.1) is 5.41 Å². The van der Waals surface area contributed by atoms with Crippen molar-refractivity contribution in [2.24, 2.45) is 5.41 Å². The van der Waals surface area contributed by atoms with E-state index in [2.05, 4.69) is 32.7 Å². The van der Waals surface area contributed by atoms with Gasteiger partial charge in [0.2, 0.25) is 5.91 Å². The van der Waals surface area contributed by atoms with E-state index in [0.717, 1.165) is 50.1 Å². The van der Waals surface area contributed by atoms with Gasteiger partial charge in [0.15, 0.2) is 11.7 Å². The number of hydrogen-bond donors (Lipinski definition) is 2. The van der Waals surface area contributed by atoms with Crippen LogP contribution in [0.15, 0.2) is 48.0 Å². The number of allylic oxidation sites excluding steroid dienone is 2. The monoisotopic (exact) mass is 440 g/mol. The number of piperidine rings is 1. The fourth-order valence-electron chi connectivity index (χ4n) is 4.31. The van der Waals surface area contributed by atoms with E-state index in [1.807, 2.05) is 29.6 Å². The van der Waals surface area contributed by atoms with Crippen molar-refractivity contribution in [2.75, 3.05) is 38.1 Å². The van der Waals surface area contributed by atoms with Crippen molar-refractivity contribution in [2.45, 2.75) is 25.7 Å². The molecule has 1 fully saturated rings. The van der Waals surface area contributed by atoms with Gasteiger partial charge >= 0.3 is 0 Å². The van der Waals surface area contributed by atoms with E-state index in [1.165, 1.54) is 11.3 Å². The highest BCUT2D eigenvalue weighted by atomic mass is 32.1. The lowest BCUT2D eigenvalue weighted by Crippen LogP contribution is -2.51. The van der Waals surface area contributed by atoms with E-state index in [9.17, 15) is 9.59 Å². The number of anilines is 1. The molecule has 7 nitrogen and oxygen atoms in total. The summed E-state index contributed by atoms with van der Waals surface area (Å²) in [5, 5.41) is 8.39. The van der Waals surface area contributed by atoms with Crippen LogP contribution < -0.4 is 15.4 Å². The van der Waals surface area contributed by atoms with Crippen molar-refractivity contribution < 1.29 is 14.3 Å². The van der Waals surface area contributed by atoms with Gasteiger partial charge in [-0.25, -0.2) is 4.98 Å². The highest BCUT2D eigenvalue weighted by Crippen LogP contribution is 2.34. The van der Waals surface area contributed by atoms with Gasteiger partial charge in [-0.1, -0.05) is 30.4 Å². The zero-order chi connectivity index (χ0) is 21.5. The van der Waals surface area contributed by atoms with E-state index in [-0.39, 0.29) is 23.8 Å². The number of benzene rings is 1. The first-order chi connectivity index (χ1) is 15.1. The zero-order valence-electron chi connectivity index (χ0n) is 17.5. The summed E-state index contributed by atoms with van der Waals surface area (Å²) in [5.41, 5.74) is 0.982. The molecule has 31 heavy (non-hydrogen) atoms. The molecule has 0 unspecified atom stereocenters. The smallest absolute Gasteiger partial charge is 0.257 e. The van der Waals surface area contributed by atoms with Gasteiger partial charge in [0.1, 0.15) is 5.75 Å². The molecule has 2 amide bonds. The second-order valence-corrected chi connectivity index (χ2v) is 9.15. The standard InChI is InChI=1S/C23H28N4O3S/c28-20(26-22-24-11-13-31-22)14-27-12-5-10-23(17-27)9-4-3-7-18-6-1-2-8-19(18)30-15-21(29)25-16-23/h1-4,6,8,11,13H,5,7,9-10,12,14-17H2,(H,25,29)(H,24,26,28)/b4-3+/t23-/m0/s1. The van der Waals surface area contributed by atoms with Crippen molar-refractivity contribution in [3.63, 3.8) is 0 Å². The van der Waals surface area contributed by atoms with Gasteiger partial charge in [-0.15, -0.1) is 11.3 Å². The first-order valence-electron chi connectivity index (χ1n) is 10.7. The molecule has 0 saturated carbocycles. The molecule has 164 valence electrons. The fourth-order valence-corrected chi connectivity index (χ4v) is 4.86. The van der Waals surface area contributed by atoms with E-state index < -0.39 is 0 Å². The molecule has 1 aromatic carbocycles. The normalized spacial score (nSPS) is 23.5. The van der Waals surface area contributed by atoms with Crippen molar-refractivity contribution in [3.05, 3.63) is 53.6 Å². The van der Waals surface area contributed by atoms with Crippen LogP contribution in [-0.2, 0) is 16.0 Å². The lowest BCUT2D eigenvalue weighted by Gasteiger charge is -2.42. The topological polar surface area (TPSA) is 83.6 Å². The Kier molecular flexibility index (Phi) is 6.99. The van der Waals surface area contributed by atoms with Crippen LogP contribution in [0.2, 0.25) is 0 Å². The molecule has 1 atom stereocenters. The van der Waals surface area contributed by atoms with Crippen molar-refractivity contribution in [3.8, 4) is 5.75 Å². The highest BCUT2D eigenvalue weighted by molar-refractivity contribution is 7.13. The molecule has 3 heterocycles. The molecule has 2 aliphatic rings. The summed E-state index contributed by atoms with van der Waals surface area (Å²) in [6, 6.07) is 7.84. The summed E-state index contributed by atoms with van der Waals surface area (Å²) in [7, 11) is 0. The maximum atomic E-state index is 12.4. The van der Waals surface area contributed by atoms with Crippen LogP contribution >= 0.6 is 11.3 Å². The first-order valence-corrected chi connectivity index (χ1v) is 11.5. The largest absolute Gasteiger partial charge is 0.483 e. The Bertz CT molecular complexity index is 931. The zero-order valence-corrected chi connectivity index (χ0v) is 18.3. The number of hydrogen-bond acceptors (Lipinski definition) is 6. The van der Waals surface area contributed by atoms with E-state index in [0.29, 0.717) is 18.2 Å². The second-order valence-electron chi connectivity index (χ2n) is 8.25. The molecule has 2 aromatic rings. The molecule has 1 saturated heterocycles. The Morgan fingerprint density at radius 2 is 2.23 bits per heavy atom. The number of ether oxygens (including phenoxy) is 1. The lowest BCUT2D eigenvalue weighted by molar-refractivity contribution is -0.124. The number of nitrogens with one attached hydrogen (secondary N) is 2. The Labute approximate surface area is 186 Å². The third kappa shape index (κ3) is 5.92. The number of rotatable bonds is 3. The molecule has 1 aromatic heterocycles. The highest BCUT2D eigenvalue weighted by Gasteiger charge is 2.35. The number of fused-ring (bicyclic) bond motifs is 1. The molecule has 1 spiro atoms. The van der Waals surface area contributed by atoms with Gasteiger partial charge in [0, 0.05) is 30.1 Å². The Balaban J connectivity index is 1.43. The van der Waals surface area contributed by atoms with Crippen molar-refractivity contribution >= 4 is 28.3 Å². The van der Waals surface area contributed by atoms with Crippen LogP contribution in [0.3, 0.4) is 0 Å². The quantitative estimate of drug-likeness (QED) is 0.717. The Hall–Kier alpha value is -2.71. The molecular weight excluding hydrogens is 412 g/mol. The average molecular weight is 441 g/mol. The predicted molar refractivity (Wildman–Crippen MR) is 121 cm³/mol. The lowest BCUT2D eigenvalue weighted by atomic mass is 9.76. The maximum Gasteiger partial charge on any atom is 0.257 e. The summed E-state index contributed by atoms with van der Waals surface area (Å²) < 4.78 is 5.76. The molecule has 2 aliphatic heterocycles. The SMILES string of the molecule is O=C1COc2ccccc2C/C=C/C[C@]2(CCCN(CC(=O)Nc3nccs3)C2)CN1. The van der Waals surface area contributed by atoms with E-state index >= 15 is 0 Å². The number of aromatic nitrogens is 1. The minimum Gasteiger partial charge on any atom is -0.483 e. The maximum absolute atomic E-state index is 12.4. The molecule has 0 radical (unpaired) electrons. The molecule has 8 heteroatoms. The van der Waals surface area contributed by atoms with Gasteiger partial charge in [-0.3, -0.25) is 14.5 Å². The predicted octanol–water partition coefficient (Wildman–Crippen LogP) is 2.86. The molecule has 0 aliphatic carbocycles. The number of thiazole rings is 1. The second kappa shape index (κ2) is 10.1. The van der Waals surface area contributed by atoms with Crippen LogP contribution in [0.25, 0.3) is 0 Å². The molecular formula is C23H28N4O3S. The minimum absolute atomic E-state index is 0.0107. The number of nitrogens with zero attached hydrogens (tertiary/aromatic N) is 2. The van der Waals surface area contributed by atoms with Gasteiger partial charge in [0.25, 0.3) is 5.91 Å².